The maximum atomic E-state index is 9.87. The summed E-state index contributed by atoms with van der Waals surface area (Å²) in [6.07, 6.45) is -16.7. The highest BCUT2D eigenvalue weighted by molar-refractivity contribution is 4.92. The minimum atomic E-state index is -1.85. The quantitative estimate of drug-likeness (QED) is 0.227. The lowest BCUT2D eigenvalue weighted by Crippen LogP contribution is -2.64. The van der Waals surface area contributed by atoms with Gasteiger partial charge in [0.2, 0.25) is 0 Å². The molecule has 25 heavy (non-hydrogen) atoms. The number of aliphatic hydroxyl groups excluding tert-OH is 9. The standard InChI is InChI=1S/C11H20O11.C2H6O/c12-1-2-8(4(14)6(16)9(18)20-2)21-11-7(17)3(13)5(15)10(19)22-11;1-2-3/h2-19H,1H2;3H,2H2,1H3/t2-,3+,4+,5+,6-,7-,8-,9-,10+,11-;/m1./s1. The van der Waals surface area contributed by atoms with Gasteiger partial charge in [-0.1, -0.05) is 0 Å². The van der Waals surface area contributed by atoms with E-state index in [1.807, 2.05) is 0 Å². The van der Waals surface area contributed by atoms with Crippen molar-refractivity contribution in [2.24, 2.45) is 0 Å². The molecule has 0 spiro atoms. The zero-order valence-electron chi connectivity index (χ0n) is 13.4. The van der Waals surface area contributed by atoms with Gasteiger partial charge in [0.15, 0.2) is 18.9 Å². The molecule has 2 heterocycles. The molecule has 12 nitrogen and oxygen atoms in total. The second-order valence-electron chi connectivity index (χ2n) is 5.51. The van der Waals surface area contributed by atoms with Gasteiger partial charge in [-0.25, -0.2) is 0 Å². The van der Waals surface area contributed by atoms with Crippen molar-refractivity contribution in [1.29, 1.82) is 0 Å². The van der Waals surface area contributed by atoms with Crippen LogP contribution in [0.25, 0.3) is 0 Å². The molecule has 2 saturated heterocycles. The molecule has 9 N–H and O–H groups in total. The smallest absolute Gasteiger partial charge is 0.189 e. The Hall–Kier alpha value is -0.480. The summed E-state index contributed by atoms with van der Waals surface area (Å²) >= 11 is 0. The molecule has 0 aliphatic carbocycles. The Balaban J connectivity index is 0.000000970. The third kappa shape index (κ3) is 5.26. The minimum absolute atomic E-state index is 0.250. The Labute approximate surface area is 143 Å². The molecule has 150 valence electrons. The third-order valence-electron chi connectivity index (χ3n) is 3.67. The topological polar surface area (TPSA) is 210 Å². The lowest BCUT2D eigenvalue weighted by Gasteiger charge is -2.44. The summed E-state index contributed by atoms with van der Waals surface area (Å²) in [5, 5.41) is 83.5. The van der Waals surface area contributed by atoms with E-state index >= 15 is 0 Å². The van der Waals surface area contributed by atoms with Crippen LogP contribution < -0.4 is 0 Å². The lowest BCUT2D eigenvalue weighted by atomic mass is 9.98. The van der Waals surface area contributed by atoms with Gasteiger partial charge in [0, 0.05) is 6.61 Å². The Bertz CT molecular complexity index is 382. The highest BCUT2D eigenvalue weighted by atomic mass is 16.8. The Morgan fingerprint density at radius 2 is 1.20 bits per heavy atom. The third-order valence-corrected chi connectivity index (χ3v) is 3.67. The summed E-state index contributed by atoms with van der Waals surface area (Å²) in [5.41, 5.74) is 0. The predicted molar refractivity (Wildman–Crippen MR) is 76.5 cm³/mol. The van der Waals surface area contributed by atoms with E-state index < -0.39 is 68.2 Å². The molecule has 2 rings (SSSR count). The van der Waals surface area contributed by atoms with E-state index in [0.29, 0.717) is 0 Å². The van der Waals surface area contributed by atoms with Gasteiger partial charge in [0.05, 0.1) is 6.61 Å². The summed E-state index contributed by atoms with van der Waals surface area (Å²) in [5.74, 6) is 0. The van der Waals surface area contributed by atoms with Gasteiger partial charge in [0.1, 0.15) is 42.7 Å². The van der Waals surface area contributed by atoms with Crippen LogP contribution in [0.15, 0.2) is 0 Å². The van der Waals surface area contributed by atoms with E-state index in [1.165, 1.54) is 0 Å². The first kappa shape index (κ1) is 22.6. The highest BCUT2D eigenvalue weighted by Crippen LogP contribution is 2.27. The largest absolute Gasteiger partial charge is 0.397 e. The van der Waals surface area contributed by atoms with Crippen LogP contribution in [0.3, 0.4) is 0 Å². The van der Waals surface area contributed by atoms with Crippen LogP contribution in [-0.4, -0.2) is 121 Å². The fourth-order valence-corrected chi connectivity index (χ4v) is 2.33. The minimum Gasteiger partial charge on any atom is -0.397 e. The van der Waals surface area contributed by atoms with Crippen molar-refractivity contribution in [3.8, 4) is 0 Å². The molecule has 12 heteroatoms. The molecular weight excluding hydrogens is 348 g/mol. The van der Waals surface area contributed by atoms with Crippen LogP contribution in [0, 0.1) is 0 Å². The molecule has 0 radical (unpaired) electrons. The molecule has 0 aromatic heterocycles. The number of ether oxygens (including phenoxy) is 3. The number of rotatable bonds is 3. The maximum Gasteiger partial charge on any atom is 0.189 e. The van der Waals surface area contributed by atoms with Crippen molar-refractivity contribution < 1.29 is 60.2 Å². The normalized spacial score (nSPS) is 47.8. The van der Waals surface area contributed by atoms with Crippen LogP contribution in [0.5, 0.6) is 0 Å². The molecular formula is C13H26O12. The Kier molecular flexibility index (Phi) is 9.03. The molecule has 2 aliphatic heterocycles. The van der Waals surface area contributed by atoms with Crippen molar-refractivity contribution in [2.45, 2.75) is 68.5 Å². The average Bonchev–Trinajstić information content (AvgIpc) is 2.58. The average molecular weight is 374 g/mol. The van der Waals surface area contributed by atoms with Gasteiger partial charge in [-0.05, 0) is 6.92 Å². The zero-order chi connectivity index (χ0) is 19.3. The highest BCUT2D eigenvalue weighted by Gasteiger charge is 2.49. The molecule has 0 saturated carbocycles. The summed E-state index contributed by atoms with van der Waals surface area (Å²) in [6.45, 7) is 1.24. The second-order valence-corrected chi connectivity index (χ2v) is 5.51. The number of aliphatic hydroxyl groups is 9. The first-order valence-electron chi connectivity index (χ1n) is 7.64. The van der Waals surface area contributed by atoms with E-state index in [9.17, 15) is 40.9 Å². The van der Waals surface area contributed by atoms with Crippen LogP contribution in [-0.2, 0) is 14.2 Å². The molecule has 0 amide bonds. The van der Waals surface area contributed by atoms with Crippen LogP contribution in [0.1, 0.15) is 6.92 Å². The molecule has 0 aromatic carbocycles. The van der Waals surface area contributed by atoms with Gasteiger partial charge in [-0.15, -0.1) is 0 Å². The van der Waals surface area contributed by atoms with E-state index in [0.717, 1.165) is 0 Å². The molecule has 0 aromatic rings. The maximum absolute atomic E-state index is 9.87. The predicted octanol–water partition coefficient (Wildman–Crippen LogP) is -5.44. The van der Waals surface area contributed by atoms with E-state index in [1.54, 1.807) is 6.92 Å². The van der Waals surface area contributed by atoms with Crippen LogP contribution in [0.4, 0.5) is 0 Å². The van der Waals surface area contributed by atoms with Gasteiger partial charge < -0.3 is 60.2 Å². The van der Waals surface area contributed by atoms with Gasteiger partial charge in [-0.3, -0.25) is 0 Å². The summed E-state index contributed by atoms with van der Waals surface area (Å²) in [7, 11) is 0. The SMILES string of the molecule is CCO.OC[C@H]1O[C@@H](O)[C@H](O)[C@H](O)[C@@H]1O[C@@H]1O[C@H](O)[C@@H](O)[C@H](O)[C@H]1O. The summed E-state index contributed by atoms with van der Waals surface area (Å²) < 4.78 is 14.8. The fourth-order valence-electron chi connectivity index (χ4n) is 2.33. The summed E-state index contributed by atoms with van der Waals surface area (Å²) in [6, 6.07) is 0. The molecule has 10 atom stereocenters. The molecule has 0 bridgehead atoms. The van der Waals surface area contributed by atoms with E-state index in [4.69, 9.17) is 19.3 Å². The van der Waals surface area contributed by atoms with Gasteiger partial charge >= 0.3 is 0 Å². The van der Waals surface area contributed by atoms with Crippen LogP contribution in [0.2, 0.25) is 0 Å². The van der Waals surface area contributed by atoms with Crippen molar-refractivity contribution >= 4 is 0 Å². The molecule has 0 unspecified atom stereocenters. The summed E-state index contributed by atoms with van der Waals surface area (Å²) in [4.78, 5) is 0. The first-order valence-corrected chi connectivity index (χ1v) is 7.64. The van der Waals surface area contributed by atoms with Gasteiger partial charge in [-0.2, -0.15) is 0 Å². The van der Waals surface area contributed by atoms with E-state index in [2.05, 4.69) is 0 Å². The molecule has 2 aliphatic rings. The van der Waals surface area contributed by atoms with E-state index in [-0.39, 0.29) is 6.61 Å². The monoisotopic (exact) mass is 374 g/mol. The Morgan fingerprint density at radius 1 is 0.720 bits per heavy atom. The second kappa shape index (κ2) is 10.0. The van der Waals surface area contributed by atoms with Crippen molar-refractivity contribution in [3.63, 3.8) is 0 Å². The van der Waals surface area contributed by atoms with Crippen molar-refractivity contribution in [1.82, 2.24) is 0 Å². The van der Waals surface area contributed by atoms with Crippen molar-refractivity contribution in [3.05, 3.63) is 0 Å². The Morgan fingerprint density at radius 3 is 1.72 bits per heavy atom. The first-order chi connectivity index (χ1) is 11.7. The van der Waals surface area contributed by atoms with Crippen molar-refractivity contribution in [2.75, 3.05) is 13.2 Å². The number of hydrogen-bond acceptors (Lipinski definition) is 12. The van der Waals surface area contributed by atoms with Gasteiger partial charge in [0.25, 0.3) is 0 Å². The zero-order valence-corrected chi connectivity index (χ0v) is 13.4. The number of hydrogen-bond donors (Lipinski definition) is 9. The fraction of sp³-hybridized carbons (Fsp3) is 1.00. The lowest BCUT2D eigenvalue weighted by molar-refractivity contribution is -0.375. The molecule has 2 fully saturated rings. The van der Waals surface area contributed by atoms with Crippen LogP contribution >= 0.6 is 0 Å².